The number of carbonyl (C=O) groups is 3. The minimum atomic E-state index is -1.24. The molecule has 3 rings (SSSR count). The Morgan fingerprint density at radius 1 is 1.05 bits per heavy atom. The van der Waals surface area contributed by atoms with Crippen LogP contribution in [0.2, 0.25) is 0 Å². The minimum absolute atomic E-state index is 0.136. The zero-order valence-corrected chi connectivity index (χ0v) is 22.2. The SMILES string of the molecule is CC(C)[C@@H]1NCCOc2cccc(F)c2CNC(=O)[C@@H](Cc2ccccc2)NC(=O)[C@H](C(C)O)N(C)C1=O. The molecule has 1 aliphatic heterocycles. The monoisotopic (exact) mass is 528 g/mol. The highest BCUT2D eigenvalue weighted by Gasteiger charge is 2.37. The third-order valence-corrected chi connectivity index (χ3v) is 6.58. The highest BCUT2D eigenvalue weighted by Crippen LogP contribution is 2.22. The zero-order valence-electron chi connectivity index (χ0n) is 22.2. The van der Waals surface area contributed by atoms with Gasteiger partial charge in [-0.3, -0.25) is 14.4 Å². The summed E-state index contributed by atoms with van der Waals surface area (Å²) in [7, 11) is 1.46. The third kappa shape index (κ3) is 7.29. The Balaban J connectivity index is 1.99. The van der Waals surface area contributed by atoms with Gasteiger partial charge in [0.1, 0.15) is 30.3 Å². The normalized spacial score (nSPS) is 22.8. The summed E-state index contributed by atoms with van der Waals surface area (Å²) in [5.41, 5.74) is 0.968. The topological polar surface area (TPSA) is 120 Å². The lowest BCUT2D eigenvalue weighted by atomic mass is 10.00. The number of carbonyl (C=O) groups excluding carboxylic acids is 3. The van der Waals surface area contributed by atoms with Crippen LogP contribution in [0.4, 0.5) is 4.39 Å². The lowest BCUT2D eigenvalue weighted by Crippen LogP contribution is -2.60. The van der Waals surface area contributed by atoms with Crippen LogP contribution < -0.4 is 20.7 Å². The van der Waals surface area contributed by atoms with Crippen molar-refractivity contribution in [3.63, 3.8) is 0 Å². The molecule has 38 heavy (non-hydrogen) atoms. The Morgan fingerprint density at radius 3 is 2.42 bits per heavy atom. The average molecular weight is 529 g/mol. The molecule has 0 saturated heterocycles. The largest absolute Gasteiger partial charge is 0.492 e. The number of halogens is 1. The molecular formula is C28H37FN4O5. The Kier molecular flexibility index (Phi) is 10.2. The lowest BCUT2D eigenvalue weighted by Gasteiger charge is -2.34. The number of fused-ring (bicyclic) bond motifs is 1. The maximum Gasteiger partial charge on any atom is 0.246 e. The van der Waals surface area contributed by atoms with Gasteiger partial charge in [-0.05, 0) is 30.5 Å². The van der Waals surface area contributed by atoms with Crippen molar-refractivity contribution in [2.45, 2.75) is 58.0 Å². The van der Waals surface area contributed by atoms with Gasteiger partial charge in [0.05, 0.1) is 12.1 Å². The second-order valence-electron chi connectivity index (χ2n) is 9.84. The highest BCUT2D eigenvalue weighted by molar-refractivity contribution is 5.93. The molecule has 0 radical (unpaired) electrons. The van der Waals surface area contributed by atoms with Crippen molar-refractivity contribution in [1.29, 1.82) is 0 Å². The molecule has 0 aliphatic carbocycles. The van der Waals surface area contributed by atoms with E-state index in [9.17, 15) is 23.9 Å². The molecule has 10 heteroatoms. The van der Waals surface area contributed by atoms with Crippen LogP contribution in [-0.4, -0.2) is 72.2 Å². The predicted molar refractivity (Wildman–Crippen MR) is 141 cm³/mol. The summed E-state index contributed by atoms with van der Waals surface area (Å²) in [5, 5.41) is 19.1. The van der Waals surface area contributed by atoms with Crippen molar-refractivity contribution >= 4 is 17.7 Å². The number of nitrogens with one attached hydrogen (secondary N) is 3. The van der Waals surface area contributed by atoms with Crippen LogP contribution in [0.3, 0.4) is 0 Å². The first kappa shape index (κ1) is 29.1. The quantitative estimate of drug-likeness (QED) is 0.476. The Bertz CT molecular complexity index is 1110. The molecule has 9 nitrogen and oxygen atoms in total. The molecule has 0 bridgehead atoms. The Hall–Kier alpha value is -3.50. The molecule has 0 spiro atoms. The summed E-state index contributed by atoms with van der Waals surface area (Å²) in [6, 6.07) is 10.6. The summed E-state index contributed by atoms with van der Waals surface area (Å²) in [6.07, 6.45) is -1.06. The number of benzene rings is 2. The van der Waals surface area contributed by atoms with E-state index in [-0.39, 0.29) is 49.3 Å². The number of amides is 3. The van der Waals surface area contributed by atoms with Crippen molar-refractivity contribution in [1.82, 2.24) is 20.9 Å². The van der Waals surface area contributed by atoms with Gasteiger partial charge in [0, 0.05) is 32.1 Å². The van der Waals surface area contributed by atoms with Crippen LogP contribution in [0.15, 0.2) is 48.5 Å². The number of nitrogens with zero attached hydrogens (tertiary/aromatic N) is 1. The fourth-order valence-electron chi connectivity index (χ4n) is 4.52. The molecule has 1 unspecified atom stereocenters. The third-order valence-electron chi connectivity index (χ3n) is 6.58. The number of ether oxygens (including phenoxy) is 1. The molecule has 2 aromatic carbocycles. The zero-order chi connectivity index (χ0) is 27.8. The van der Waals surface area contributed by atoms with Gasteiger partial charge in [0.15, 0.2) is 0 Å². The van der Waals surface area contributed by atoms with Crippen LogP contribution in [0.25, 0.3) is 0 Å². The van der Waals surface area contributed by atoms with Gasteiger partial charge in [-0.2, -0.15) is 0 Å². The number of hydrogen-bond acceptors (Lipinski definition) is 6. The molecule has 3 amide bonds. The lowest BCUT2D eigenvalue weighted by molar-refractivity contribution is -0.145. The molecule has 2 aromatic rings. The van der Waals surface area contributed by atoms with E-state index in [1.165, 1.54) is 31.0 Å². The van der Waals surface area contributed by atoms with E-state index < -0.39 is 41.9 Å². The Morgan fingerprint density at radius 2 is 1.76 bits per heavy atom. The van der Waals surface area contributed by atoms with E-state index >= 15 is 0 Å². The minimum Gasteiger partial charge on any atom is -0.492 e. The van der Waals surface area contributed by atoms with Gasteiger partial charge in [0.2, 0.25) is 17.7 Å². The van der Waals surface area contributed by atoms with Crippen LogP contribution in [-0.2, 0) is 27.3 Å². The molecule has 0 saturated carbocycles. The van der Waals surface area contributed by atoms with Gasteiger partial charge in [-0.25, -0.2) is 4.39 Å². The first-order chi connectivity index (χ1) is 18.1. The number of hydrogen-bond donors (Lipinski definition) is 4. The fourth-order valence-corrected chi connectivity index (χ4v) is 4.52. The van der Waals surface area contributed by atoms with Crippen LogP contribution in [0.5, 0.6) is 5.75 Å². The van der Waals surface area contributed by atoms with E-state index in [4.69, 9.17) is 4.74 Å². The van der Waals surface area contributed by atoms with Gasteiger partial charge in [-0.15, -0.1) is 0 Å². The Labute approximate surface area is 222 Å². The summed E-state index contributed by atoms with van der Waals surface area (Å²) in [6.45, 7) is 5.42. The number of rotatable bonds is 4. The second kappa shape index (κ2) is 13.3. The van der Waals surface area contributed by atoms with Gasteiger partial charge >= 0.3 is 0 Å². The summed E-state index contributed by atoms with van der Waals surface area (Å²) < 4.78 is 20.5. The standard InChI is InChI=1S/C28H37FN4O5/c1-17(2)24-28(37)33(4)25(18(3)34)27(36)32-22(15-19-9-6-5-7-10-19)26(35)31-16-20-21(29)11-8-12-23(20)38-14-13-30-24/h5-12,17-18,22,24-25,30,34H,13-16H2,1-4H3,(H,31,35)(H,32,36)/t18?,22-,24+,25+/m1/s1. The fraction of sp³-hybridized carbons (Fsp3) is 0.464. The number of aliphatic hydroxyl groups excluding tert-OH is 1. The van der Waals surface area contributed by atoms with Crippen molar-refractivity contribution in [3.05, 3.63) is 65.5 Å². The summed E-state index contributed by atoms with van der Waals surface area (Å²) in [5.74, 6) is -1.99. The van der Waals surface area contributed by atoms with Gasteiger partial charge in [-0.1, -0.05) is 50.2 Å². The van der Waals surface area contributed by atoms with Crippen LogP contribution >= 0.6 is 0 Å². The first-order valence-electron chi connectivity index (χ1n) is 12.8. The molecule has 4 N–H and O–H groups in total. The van der Waals surface area contributed by atoms with Crippen molar-refractivity contribution in [2.75, 3.05) is 20.2 Å². The van der Waals surface area contributed by atoms with Crippen molar-refractivity contribution in [2.24, 2.45) is 5.92 Å². The molecular weight excluding hydrogens is 491 g/mol. The molecule has 206 valence electrons. The number of aliphatic hydroxyl groups is 1. The van der Waals surface area contributed by atoms with E-state index in [1.807, 2.05) is 44.2 Å². The number of likely N-dealkylation sites (N-methyl/N-ethyl adjacent to an activating group) is 1. The van der Waals surface area contributed by atoms with Crippen molar-refractivity contribution in [3.8, 4) is 5.75 Å². The predicted octanol–water partition coefficient (Wildman–Crippen LogP) is 1.38. The van der Waals surface area contributed by atoms with E-state index in [0.29, 0.717) is 0 Å². The van der Waals surface area contributed by atoms with Gasteiger partial charge < -0.3 is 30.7 Å². The molecule has 0 fully saturated rings. The van der Waals surface area contributed by atoms with Crippen molar-refractivity contribution < 1.29 is 28.6 Å². The van der Waals surface area contributed by atoms with E-state index in [2.05, 4.69) is 16.0 Å². The molecule has 0 aromatic heterocycles. The van der Waals surface area contributed by atoms with Crippen LogP contribution in [0, 0.1) is 11.7 Å². The first-order valence-corrected chi connectivity index (χ1v) is 12.8. The van der Waals surface area contributed by atoms with E-state index in [1.54, 1.807) is 6.07 Å². The molecule has 4 atom stereocenters. The highest BCUT2D eigenvalue weighted by atomic mass is 19.1. The van der Waals surface area contributed by atoms with Crippen LogP contribution in [0.1, 0.15) is 31.9 Å². The average Bonchev–Trinajstić information content (AvgIpc) is 2.87. The summed E-state index contributed by atoms with van der Waals surface area (Å²) in [4.78, 5) is 41.4. The maximum atomic E-state index is 14.7. The second-order valence-corrected chi connectivity index (χ2v) is 9.84. The molecule has 1 heterocycles. The van der Waals surface area contributed by atoms with E-state index in [0.717, 1.165) is 5.56 Å². The summed E-state index contributed by atoms with van der Waals surface area (Å²) >= 11 is 0. The maximum absolute atomic E-state index is 14.7. The van der Waals surface area contributed by atoms with Gasteiger partial charge in [0.25, 0.3) is 0 Å². The molecule has 1 aliphatic rings. The smallest absolute Gasteiger partial charge is 0.246 e.